The molecule has 1 aliphatic heterocycles. The maximum absolute atomic E-state index is 13.0. The van der Waals surface area contributed by atoms with Gasteiger partial charge >= 0.3 is 0 Å². The summed E-state index contributed by atoms with van der Waals surface area (Å²) >= 11 is 0. The molecule has 1 heterocycles. The third-order valence-corrected chi connectivity index (χ3v) is 5.52. The molecule has 2 aromatic carbocycles. The molecule has 4 nitrogen and oxygen atoms in total. The number of rotatable bonds is 4. The quantitative estimate of drug-likeness (QED) is 0.871. The van der Waals surface area contributed by atoms with E-state index in [1.54, 1.807) is 4.90 Å². The molecule has 1 N–H and O–H groups in total. The fourth-order valence-corrected chi connectivity index (χ4v) is 3.93. The van der Waals surface area contributed by atoms with Crippen LogP contribution in [0.3, 0.4) is 0 Å². The standard InChI is InChI=1S/C23H27FN2O2/c1-15-12-16(2)21(17(3)13-15)14-25-22(27)18-8-10-26(11-9-18)23(28)19-4-6-20(24)7-5-19/h4-7,12-13,18H,8-11,14H2,1-3H3,(H,25,27). The second-order valence-electron chi connectivity index (χ2n) is 7.67. The molecule has 148 valence electrons. The maximum Gasteiger partial charge on any atom is 0.253 e. The average Bonchev–Trinajstić information content (AvgIpc) is 2.67. The first-order valence-electron chi connectivity index (χ1n) is 9.74. The molecule has 28 heavy (non-hydrogen) atoms. The summed E-state index contributed by atoms with van der Waals surface area (Å²) in [7, 11) is 0. The Morgan fingerprint density at radius 1 is 1.04 bits per heavy atom. The molecule has 0 atom stereocenters. The Morgan fingerprint density at radius 2 is 1.61 bits per heavy atom. The van der Waals surface area contributed by atoms with E-state index in [1.165, 1.54) is 46.5 Å². The molecular formula is C23H27FN2O2. The average molecular weight is 382 g/mol. The van der Waals surface area contributed by atoms with Crippen molar-refractivity contribution < 1.29 is 14.0 Å². The van der Waals surface area contributed by atoms with Crippen molar-refractivity contribution in [3.05, 3.63) is 70.0 Å². The number of benzene rings is 2. The van der Waals surface area contributed by atoms with Crippen LogP contribution in [0.5, 0.6) is 0 Å². The molecule has 1 saturated heterocycles. The molecule has 3 rings (SSSR count). The van der Waals surface area contributed by atoms with Gasteiger partial charge in [0.2, 0.25) is 5.91 Å². The molecule has 0 radical (unpaired) electrons. The Hall–Kier alpha value is -2.69. The molecule has 1 aliphatic rings. The summed E-state index contributed by atoms with van der Waals surface area (Å²) in [6.07, 6.45) is 1.29. The summed E-state index contributed by atoms with van der Waals surface area (Å²) in [5.41, 5.74) is 5.26. The Kier molecular flexibility index (Phi) is 6.12. The Balaban J connectivity index is 1.53. The van der Waals surface area contributed by atoms with Crippen molar-refractivity contribution in [1.29, 1.82) is 0 Å². The van der Waals surface area contributed by atoms with Crippen LogP contribution in [0.4, 0.5) is 4.39 Å². The first kappa shape index (κ1) is 20.1. The lowest BCUT2D eigenvalue weighted by molar-refractivity contribution is -0.126. The zero-order chi connectivity index (χ0) is 20.3. The Labute approximate surface area is 165 Å². The normalized spacial score (nSPS) is 14.8. The van der Waals surface area contributed by atoms with Crippen molar-refractivity contribution in [1.82, 2.24) is 10.2 Å². The highest BCUT2D eigenvalue weighted by molar-refractivity contribution is 5.94. The summed E-state index contributed by atoms with van der Waals surface area (Å²) in [5.74, 6) is -0.493. The van der Waals surface area contributed by atoms with Crippen LogP contribution in [0.2, 0.25) is 0 Å². The van der Waals surface area contributed by atoms with Crippen LogP contribution in [0.15, 0.2) is 36.4 Å². The second kappa shape index (κ2) is 8.55. The number of halogens is 1. The van der Waals surface area contributed by atoms with E-state index in [1.807, 2.05) is 0 Å². The van der Waals surface area contributed by atoms with Gasteiger partial charge in [-0.25, -0.2) is 4.39 Å². The number of likely N-dealkylation sites (tertiary alicyclic amines) is 1. The van der Waals surface area contributed by atoms with Gasteiger partial charge in [0.25, 0.3) is 5.91 Å². The van der Waals surface area contributed by atoms with Crippen molar-refractivity contribution in [2.45, 2.75) is 40.2 Å². The van der Waals surface area contributed by atoms with Crippen LogP contribution in [0.25, 0.3) is 0 Å². The van der Waals surface area contributed by atoms with Crippen LogP contribution >= 0.6 is 0 Å². The van der Waals surface area contributed by atoms with E-state index in [4.69, 9.17) is 0 Å². The highest BCUT2D eigenvalue weighted by Gasteiger charge is 2.27. The Bertz CT molecular complexity index is 846. The van der Waals surface area contributed by atoms with Gasteiger partial charge < -0.3 is 10.2 Å². The zero-order valence-electron chi connectivity index (χ0n) is 16.7. The SMILES string of the molecule is Cc1cc(C)c(CNC(=O)C2CCN(C(=O)c3ccc(F)cc3)CC2)c(C)c1. The van der Waals surface area contributed by atoms with Gasteiger partial charge in [0.05, 0.1) is 0 Å². The highest BCUT2D eigenvalue weighted by atomic mass is 19.1. The van der Waals surface area contributed by atoms with E-state index in [-0.39, 0.29) is 23.5 Å². The summed E-state index contributed by atoms with van der Waals surface area (Å²) < 4.78 is 13.0. The van der Waals surface area contributed by atoms with Gasteiger partial charge in [-0.1, -0.05) is 17.7 Å². The maximum atomic E-state index is 13.0. The lowest BCUT2D eigenvalue weighted by Crippen LogP contribution is -2.43. The van der Waals surface area contributed by atoms with Crippen molar-refractivity contribution in [3.8, 4) is 0 Å². The molecule has 0 aromatic heterocycles. The van der Waals surface area contributed by atoms with Gasteiger partial charge in [-0.2, -0.15) is 0 Å². The van der Waals surface area contributed by atoms with E-state index in [9.17, 15) is 14.0 Å². The molecule has 2 aromatic rings. The number of amides is 2. The van der Waals surface area contributed by atoms with Crippen molar-refractivity contribution in [2.75, 3.05) is 13.1 Å². The van der Waals surface area contributed by atoms with Crippen LogP contribution in [0.1, 0.15) is 45.5 Å². The molecule has 0 saturated carbocycles. The van der Waals surface area contributed by atoms with Crippen LogP contribution in [-0.2, 0) is 11.3 Å². The predicted octanol–water partition coefficient (Wildman–Crippen LogP) is 3.92. The number of piperidine rings is 1. The monoisotopic (exact) mass is 382 g/mol. The molecule has 0 unspecified atom stereocenters. The molecular weight excluding hydrogens is 355 g/mol. The summed E-state index contributed by atoms with van der Waals surface area (Å²) in [5, 5.41) is 3.07. The fourth-order valence-electron chi connectivity index (χ4n) is 3.93. The number of hydrogen-bond donors (Lipinski definition) is 1. The van der Waals surface area contributed by atoms with Gasteiger partial charge in [0.1, 0.15) is 5.82 Å². The van der Waals surface area contributed by atoms with E-state index in [0.717, 1.165) is 0 Å². The minimum atomic E-state index is -0.356. The van der Waals surface area contributed by atoms with Crippen LogP contribution in [-0.4, -0.2) is 29.8 Å². The second-order valence-corrected chi connectivity index (χ2v) is 7.67. The number of hydrogen-bond acceptors (Lipinski definition) is 2. The fraction of sp³-hybridized carbons (Fsp3) is 0.391. The molecule has 2 amide bonds. The van der Waals surface area contributed by atoms with Gasteiger partial charge in [0, 0.05) is 31.1 Å². The predicted molar refractivity (Wildman–Crippen MR) is 108 cm³/mol. The van der Waals surface area contributed by atoms with E-state index >= 15 is 0 Å². The van der Waals surface area contributed by atoms with Gasteiger partial charge in [-0.05, 0) is 74.6 Å². The van der Waals surface area contributed by atoms with Gasteiger partial charge in [0.15, 0.2) is 0 Å². The number of aryl methyl sites for hydroxylation is 3. The van der Waals surface area contributed by atoms with Crippen molar-refractivity contribution in [3.63, 3.8) is 0 Å². The molecule has 1 fully saturated rings. The summed E-state index contributed by atoms with van der Waals surface area (Å²) in [6, 6.07) is 9.86. The van der Waals surface area contributed by atoms with Crippen LogP contribution in [0, 0.1) is 32.5 Å². The molecule has 0 aliphatic carbocycles. The largest absolute Gasteiger partial charge is 0.352 e. The third kappa shape index (κ3) is 4.58. The van der Waals surface area contributed by atoms with E-state index < -0.39 is 0 Å². The lowest BCUT2D eigenvalue weighted by Gasteiger charge is -2.31. The number of nitrogens with one attached hydrogen (secondary N) is 1. The lowest BCUT2D eigenvalue weighted by atomic mass is 9.94. The van der Waals surface area contributed by atoms with Gasteiger partial charge in [-0.15, -0.1) is 0 Å². The zero-order valence-corrected chi connectivity index (χ0v) is 16.7. The first-order valence-corrected chi connectivity index (χ1v) is 9.74. The Morgan fingerprint density at radius 3 is 2.18 bits per heavy atom. The van der Waals surface area contributed by atoms with Gasteiger partial charge in [-0.3, -0.25) is 9.59 Å². The summed E-state index contributed by atoms with van der Waals surface area (Å²) in [6.45, 7) is 7.82. The molecule has 5 heteroatoms. The number of carbonyl (C=O) groups excluding carboxylic acids is 2. The van der Waals surface area contributed by atoms with Crippen LogP contribution < -0.4 is 5.32 Å². The minimum Gasteiger partial charge on any atom is -0.352 e. The van der Waals surface area contributed by atoms with E-state index in [2.05, 4.69) is 38.2 Å². The third-order valence-electron chi connectivity index (χ3n) is 5.52. The summed E-state index contributed by atoms with van der Waals surface area (Å²) in [4.78, 5) is 26.8. The smallest absolute Gasteiger partial charge is 0.253 e. The van der Waals surface area contributed by atoms with E-state index in [0.29, 0.717) is 38.0 Å². The first-order chi connectivity index (χ1) is 13.3. The number of carbonyl (C=O) groups is 2. The molecule has 0 bridgehead atoms. The highest BCUT2D eigenvalue weighted by Crippen LogP contribution is 2.21. The van der Waals surface area contributed by atoms with Crippen molar-refractivity contribution >= 4 is 11.8 Å². The topological polar surface area (TPSA) is 49.4 Å². The van der Waals surface area contributed by atoms with Crippen molar-refractivity contribution in [2.24, 2.45) is 5.92 Å². The number of nitrogens with zero attached hydrogens (tertiary/aromatic N) is 1. The molecule has 0 spiro atoms. The minimum absolute atomic E-state index is 0.0493.